The van der Waals surface area contributed by atoms with Gasteiger partial charge in [0, 0.05) is 70.3 Å². The third kappa shape index (κ3) is 3.88. The summed E-state index contributed by atoms with van der Waals surface area (Å²) < 4.78 is 2.11. The second-order valence-electron chi connectivity index (χ2n) is 6.41. The van der Waals surface area contributed by atoms with Crippen molar-refractivity contribution in [1.29, 1.82) is 0 Å². The Morgan fingerprint density at radius 1 is 1.22 bits per heavy atom. The molecule has 0 N–H and O–H groups in total. The Bertz CT molecular complexity index is 630. The van der Waals surface area contributed by atoms with Gasteiger partial charge in [0.1, 0.15) is 18.0 Å². The van der Waals surface area contributed by atoms with E-state index in [4.69, 9.17) is 0 Å². The minimum atomic E-state index is 0.564. The second kappa shape index (κ2) is 7.08. The molecule has 0 amide bonds. The highest BCUT2D eigenvalue weighted by Gasteiger charge is 2.23. The SMILES string of the molecule is Cc1cc(N(C)C2CCN(CCc3nccn3C)CC2)ncn1. The highest BCUT2D eigenvalue weighted by Crippen LogP contribution is 2.20. The standard InChI is InChI=1S/C17H26N6/c1-14-12-17(20-13-19-14)22(3)15-4-8-23(9-5-15)10-6-16-18-7-11-21(16)2/h7,11-13,15H,4-6,8-10H2,1-3H3. The molecular formula is C17H26N6. The number of aryl methyl sites for hydroxylation is 2. The molecule has 0 spiro atoms. The maximum Gasteiger partial charge on any atom is 0.132 e. The van der Waals surface area contributed by atoms with E-state index in [1.54, 1.807) is 6.33 Å². The number of nitrogens with zero attached hydrogens (tertiary/aromatic N) is 6. The van der Waals surface area contributed by atoms with Crippen molar-refractivity contribution >= 4 is 5.82 Å². The zero-order valence-corrected chi connectivity index (χ0v) is 14.3. The fraction of sp³-hybridized carbons (Fsp3) is 0.588. The fourth-order valence-corrected chi connectivity index (χ4v) is 3.25. The van der Waals surface area contributed by atoms with Gasteiger partial charge in [0.15, 0.2) is 0 Å². The lowest BCUT2D eigenvalue weighted by atomic mass is 10.0. The first-order chi connectivity index (χ1) is 11.1. The van der Waals surface area contributed by atoms with Gasteiger partial charge >= 0.3 is 0 Å². The number of rotatable bonds is 5. The molecule has 1 saturated heterocycles. The third-order valence-corrected chi connectivity index (χ3v) is 4.83. The molecule has 0 saturated carbocycles. The van der Waals surface area contributed by atoms with Crippen LogP contribution in [0.5, 0.6) is 0 Å². The summed E-state index contributed by atoms with van der Waals surface area (Å²) in [7, 11) is 4.21. The maximum atomic E-state index is 4.41. The maximum absolute atomic E-state index is 4.41. The summed E-state index contributed by atoms with van der Waals surface area (Å²) in [6.07, 6.45) is 8.93. The quantitative estimate of drug-likeness (QED) is 0.840. The predicted molar refractivity (Wildman–Crippen MR) is 91.5 cm³/mol. The highest BCUT2D eigenvalue weighted by molar-refractivity contribution is 5.39. The van der Waals surface area contributed by atoms with E-state index in [0.717, 1.165) is 37.6 Å². The van der Waals surface area contributed by atoms with Gasteiger partial charge in [-0.15, -0.1) is 0 Å². The molecule has 6 heteroatoms. The zero-order valence-electron chi connectivity index (χ0n) is 14.3. The summed E-state index contributed by atoms with van der Waals surface area (Å²) in [6, 6.07) is 2.63. The van der Waals surface area contributed by atoms with Gasteiger partial charge < -0.3 is 14.4 Å². The van der Waals surface area contributed by atoms with Crippen molar-refractivity contribution in [3.05, 3.63) is 36.3 Å². The summed E-state index contributed by atoms with van der Waals surface area (Å²) in [5.41, 5.74) is 1.02. The van der Waals surface area contributed by atoms with E-state index in [2.05, 4.69) is 49.5 Å². The van der Waals surface area contributed by atoms with Crippen molar-refractivity contribution in [2.24, 2.45) is 7.05 Å². The molecule has 1 fully saturated rings. The van der Waals surface area contributed by atoms with Crippen LogP contribution < -0.4 is 4.90 Å². The Balaban J connectivity index is 1.49. The Morgan fingerprint density at radius 2 is 2.00 bits per heavy atom. The van der Waals surface area contributed by atoms with Gasteiger partial charge in [0.25, 0.3) is 0 Å². The van der Waals surface area contributed by atoms with Crippen LogP contribution in [0.4, 0.5) is 5.82 Å². The van der Waals surface area contributed by atoms with Crippen LogP contribution in [0.1, 0.15) is 24.4 Å². The van der Waals surface area contributed by atoms with Crippen molar-refractivity contribution < 1.29 is 0 Å². The topological polar surface area (TPSA) is 50.1 Å². The lowest BCUT2D eigenvalue weighted by molar-refractivity contribution is 0.211. The van der Waals surface area contributed by atoms with Crippen molar-refractivity contribution in [2.75, 3.05) is 31.6 Å². The van der Waals surface area contributed by atoms with Gasteiger partial charge in [-0.3, -0.25) is 0 Å². The van der Waals surface area contributed by atoms with Crippen LogP contribution in [0.15, 0.2) is 24.8 Å². The Hall–Kier alpha value is -1.95. The first-order valence-corrected chi connectivity index (χ1v) is 8.33. The number of hydrogen-bond donors (Lipinski definition) is 0. The molecule has 6 nitrogen and oxygen atoms in total. The van der Waals surface area contributed by atoms with E-state index in [1.165, 1.54) is 18.7 Å². The summed E-state index contributed by atoms with van der Waals surface area (Å²) in [5.74, 6) is 2.20. The van der Waals surface area contributed by atoms with Crippen LogP contribution in [0.2, 0.25) is 0 Å². The molecule has 124 valence electrons. The number of piperidine rings is 1. The van der Waals surface area contributed by atoms with Crippen LogP contribution >= 0.6 is 0 Å². The Kier molecular flexibility index (Phi) is 4.91. The van der Waals surface area contributed by atoms with Crippen molar-refractivity contribution in [1.82, 2.24) is 24.4 Å². The molecule has 3 rings (SSSR count). The Morgan fingerprint density at radius 3 is 2.65 bits per heavy atom. The van der Waals surface area contributed by atoms with Gasteiger partial charge in [-0.25, -0.2) is 15.0 Å². The summed E-state index contributed by atoms with van der Waals surface area (Å²) in [6.45, 7) is 5.39. The lowest BCUT2D eigenvalue weighted by Crippen LogP contribution is -2.44. The first-order valence-electron chi connectivity index (χ1n) is 8.33. The van der Waals surface area contributed by atoms with Crippen molar-refractivity contribution in [3.63, 3.8) is 0 Å². The van der Waals surface area contributed by atoms with E-state index in [0.29, 0.717) is 6.04 Å². The van der Waals surface area contributed by atoms with E-state index >= 15 is 0 Å². The van der Waals surface area contributed by atoms with Crippen LogP contribution in [-0.4, -0.2) is 57.1 Å². The largest absolute Gasteiger partial charge is 0.356 e. The minimum absolute atomic E-state index is 0.564. The molecule has 3 heterocycles. The van der Waals surface area contributed by atoms with E-state index in [1.807, 2.05) is 19.3 Å². The van der Waals surface area contributed by atoms with Gasteiger partial charge in [0.2, 0.25) is 0 Å². The van der Waals surface area contributed by atoms with Crippen molar-refractivity contribution in [2.45, 2.75) is 32.2 Å². The van der Waals surface area contributed by atoms with Crippen molar-refractivity contribution in [3.8, 4) is 0 Å². The minimum Gasteiger partial charge on any atom is -0.356 e. The molecule has 1 aliphatic rings. The summed E-state index contributed by atoms with van der Waals surface area (Å²) >= 11 is 0. The molecular weight excluding hydrogens is 288 g/mol. The van der Waals surface area contributed by atoms with Crippen LogP contribution in [0, 0.1) is 6.92 Å². The summed E-state index contributed by atoms with van der Waals surface area (Å²) in [5, 5.41) is 0. The molecule has 0 unspecified atom stereocenters. The summed E-state index contributed by atoms with van der Waals surface area (Å²) in [4.78, 5) is 17.8. The number of hydrogen-bond acceptors (Lipinski definition) is 5. The van der Waals surface area contributed by atoms with E-state index in [-0.39, 0.29) is 0 Å². The zero-order chi connectivity index (χ0) is 16.2. The molecule has 0 atom stereocenters. The normalized spacial score (nSPS) is 16.7. The number of likely N-dealkylation sites (tertiary alicyclic amines) is 1. The number of anilines is 1. The van der Waals surface area contributed by atoms with E-state index in [9.17, 15) is 0 Å². The van der Waals surface area contributed by atoms with Gasteiger partial charge in [-0.1, -0.05) is 0 Å². The predicted octanol–water partition coefficient (Wildman–Crippen LogP) is 1.66. The Labute approximate surface area is 138 Å². The number of imidazole rings is 1. The molecule has 0 radical (unpaired) electrons. The van der Waals surface area contributed by atoms with Gasteiger partial charge in [0.05, 0.1) is 0 Å². The molecule has 2 aromatic rings. The third-order valence-electron chi connectivity index (χ3n) is 4.83. The average molecular weight is 314 g/mol. The molecule has 0 aromatic carbocycles. The highest BCUT2D eigenvalue weighted by atomic mass is 15.2. The van der Waals surface area contributed by atoms with Crippen LogP contribution in [-0.2, 0) is 13.5 Å². The smallest absolute Gasteiger partial charge is 0.132 e. The molecule has 2 aromatic heterocycles. The first kappa shape index (κ1) is 15.9. The van der Waals surface area contributed by atoms with Gasteiger partial charge in [-0.2, -0.15) is 0 Å². The van der Waals surface area contributed by atoms with E-state index < -0.39 is 0 Å². The average Bonchev–Trinajstić information content (AvgIpc) is 2.98. The fourth-order valence-electron chi connectivity index (χ4n) is 3.25. The molecule has 1 aliphatic heterocycles. The monoisotopic (exact) mass is 314 g/mol. The molecule has 23 heavy (non-hydrogen) atoms. The van der Waals surface area contributed by atoms with Crippen LogP contribution in [0.3, 0.4) is 0 Å². The number of aromatic nitrogens is 4. The second-order valence-corrected chi connectivity index (χ2v) is 6.41. The molecule has 0 bridgehead atoms. The lowest BCUT2D eigenvalue weighted by Gasteiger charge is -2.37. The van der Waals surface area contributed by atoms with Gasteiger partial charge in [-0.05, 0) is 19.8 Å². The molecule has 0 aliphatic carbocycles. The van der Waals surface area contributed by atoms with Crippen LogP contribution in [0.25, 0.3) is 0 Å².